The van der Waals surface area contributed by atoms with E-state index >= 15 is 0 Å². The van der Waals surface area contributed by atoms with Crippen molar-refractivity contribution in [3.63, 3.8) is 0 Å². The van der Waals surface area contributed by atoms with E-state index < -0.39 is 0 Å². The highest BCUT2D eigenvalue weighted by molar-refractivity contribution is 6.09. The number of nitriles is 2. The topological polar surface area (TPSA) is 82.5 Å². The van der Waals surface area contributed by atoms with E-state index in [9.17, 15) is 4.79 Å². The van der Waals surface area contributed by atoms with E-state index in [0.717, 1.165) is 5.69 Å². The third kappa shape index (κ3) is 3.36. The Morgan fingerprint density at radius 2 is 1.56 bits per heavy atom. The van der Waals surface area contributed by atoms with Gasteiger partial charge >= 0.3 is 0 Å². The van der Waals surface area contributed by atoms with E-state index in [2.05, 4.69) is 5.10 Å². The Hall–Kier alpha value is -3.96. The molecule has 1 heterocycles. The van der Waals surface area contributed by atoms with Crippen LogP contribution in [0.5, 0.6) is 0 Å². The van der Waals surface area contributed by atoms with E-state index in [-0.39, 0.29) is 17.1 Å². The molecule has 0 saturated heterocycles. The Labute approximate surface area is 144 Å². The second-order valence-corrected chi connectivity index (χ2v) is 5.19. The van der Waals surface area contributed by atoms with Gasteiger partial charge in [-0.1, -0.05) is 48.5 Å². The van der Waals surface area contributed by atoms with Crippen LogP contribution in [0.25, 0.3) is 11.8 Å². The van der Waals surface area contributed by atoms with Crippen LogP contribution in [-0.2, 0) is 0 Å². The molecule has 0 aliphatic rings. The summed E-state index contributed by atoms with van der Waals surface area (Å²) in [6.45, 7) is 0. The van der Waals surface area contributed by atoms with Gasteiger partial charge < -0.3 is 0 Å². The Balaban J connectivity index is 2.14. The molecule has 0 bridgehead atoms. The average molecular weight is 324 g/mol. The molecule has 3 aromatic rings. The lowest BCUT2D eigenvalue weighted by Gasteiger charge is -2.00. The molecule has 118 valence electrons. The molecule has 0 N–H and O–H groups in total. The molecule has 25 heavy (non-hydrogen) atoms. The first kappa shape index (κ1) is 15.9. The van der Waals surface area contributed by atoms with Crippen LogP contribution in [-0.4, -0.2) is 15.6 Å². The molecule has 0 atom stereocenters. The number of carbonyl (C=O) groups is 1. The van der Waals surface area contributed by atoms with Crippen molar-refractivity contribution in [1.82, 2.24) is 9.78 Å². The highest BCUT2D eigenvalue weighted by Gasteiger charge is 2.18. The molecular weight excluding hydrogens is 312 g/mol. The zero-order chi connectivity index (χ0) is 17.6. The number of carbonyl (C=O) groups excluding carboxylic acids is 1. The minimum Gasteiger partial charge on any atom is -0.287 e. The molecule has 0 radical (unpaired) electrons. The molecule has 0 aliphatic carbocycles. The zero-order valence-electron chi connectivity index (χ0n) is 13.1. The molecule has 0 aliphatic heterocycles. The van der Waals surface area contributed by atoms with Crippen molar-refractivity contribution in [2.45, 2.75) is 0 Å². The van der Waals surface area contributed by atoms with E-state index in [4.69, 9.17) is 10.5 Å². The van der Waals surface area contributed by atoms with Crippen molar-refractivity contribution in [1.29, 1.82) is 10.5 Å². The Morgan fingerprint density at radius 1 is 0.960 bits per heavy atom. The van der Waals surface area contributed by atoms with Crippen molar-refractivity contribution in [2.24, 2.45) is 0 Å². The lowest BCUT2D eigenvalue weighted by Crippen LogP contribution is -2.05. The highest BCUT2D eigenvalue weighted by atomic mass is 16.1. The third-order valence-corrected chi connectivity index (χ3v) is 3.56. The summed E-state index contributed by atoms with van der Waals surface area (Å²) in [6.07, 6.45) is 3.02. The first-order chi connectivity index (χ1) is 12.2. The zero-order valence-corrected chi connectivity index (χ0v) is 13.1. The number of rotatable bonds is 4. The molecule has 0 fully saturated rings. The van der Waals surface area contributed by atoms with Gasteiger partial charge in [0.2, 0.25) is 5.78 Å². The van der Waals surface area contributed by atoms with Crippen LogP contribution in [0.15, 0.2) is 72.4 Å². The number of hydrogen-bond acceptors (Lipinski definition) is 4. The molecule has 0 saturated carbocycles. The number of benzene rings is 2. The van der Waals surface area contributed by atoms with Crippen LogP contribution in [0.3, 0.4) is 0 Å². The summed E-state index contributed by atoms with van der Waals surface area (Å²) in [6, 6.07) is 21.7. The molecule has 5 heteroatoms. The van der Waals surface area contributed by atoms with Gasteiger partial charge in [-0.3, -0.25) is 4.79 Å². The number of para-hydroxylation sites is 1. The van der Waals surface area contributed by atoms with Gasteiger partial charge in [-0.25, -0.2) is 4.68 Å². The monoisotopic (exact) mass is 324 g/mol. The van der Waals surface area contributed by atoms with Gasteiger partial charge in [0.15, 0.2) is 0 Å². The maximum atomic E-state index is 12.8. The normalized spacial score (nSPS) is 9.68. The summed E-state index contributed by atoms with van der Waals surface area (Å²) in [4.78, 5) is 12.8. The average Bonchev–Trinajstić information content (AvgIpc) is 3.10. The SMILES string of the molecule is N#CC(C#N)=Cc1cn(-c2ccccc2)nc1C(=O)c1ccccc1. The lowest BCUT2D eigenvalue weighted by atomic mass is 10.0. The van der Waals surface area contributed by atoms with Gasteiger partial charge in [-0.2, -0.15) is 15.6 Å². The smallest absolute Gasteiger partial charge is 0.213 e. The second-order valence-electron chi connectivity index (χ2n) is 5.19. The predicted molar refractivity (Wildman–Crippen MR) is 92.6 cm³/mol. The molecule has 0 unspecified atom stereocenters. The molecule has 5 nitrogen and oxygen atoms in total. The quantitative estimate of drug-likeness (QED) is 0.543. The molecule has 2 aromatic carbocycles. The minimum absolute atomic E-state index is 0.0882. The molecule has 3 rings (SSSR count). The molecular formula is C20H12N4O. The summed E-state index contributed by atoms with van der Waals surface area (Å²) in [5, 5.41) is 22.4. The van der Waals surface area contributed by atoms with Crippen LogP contribution in [0.1, 0.15) is 21.6 Å². The van der Waals surface area contributed by atoms with Crippen LogP contribution < -0.4 is 0 Å². The van der Waals surface area contributed by atoms with Crippen LogP contribution in [0.4, 0.5) is 0 Å². The van der Waals surface area contributed by atoms with Gasteiger partial charge in [-0.15, -0.1) is 0 Å². The number of hydrogen-bond donors (Lipinski definition) is 0. The van der Waals surface area contributed by atoms with Crippen molar-refractivity contribution in [3.05, 3.63) is 89.3 Å². The van der Waals surface area contributed by atoms with E-state index in [0.29, 0.717) is 11.1 Å². The first-order valence-corrected chi connectivity index (χ1v) is 7.49. The van der Waals surface area contributed by atoms with Gasteiger partial charge in [0, 0.05) is 17.3 Å². The van der Waals surface area contributed by atoms with E-state index in [1.807, 2.05) is 36.4 Å². The van der Waals surface area contributed by atoms with Gasteiger partial charge in [0.05, 0.1) is 5.69 Å². The molecule has 1 aromatic heterocycles. The van der Waals surface area contributed by atoms with Gasteiger partial charge in [0.1, 0.15) is 23.4 Å². The van der Waals surface area contributed by atoms with E-state index in [1.54, 1.807) is 47.3 Å². The fourth-order valence-corrected chi connectivity index (χ4v) is 2.35. The van der Waals surface area contributed by atoms with Gasteiger partial charge in [-0.05, 0) is 18.2 Å². The van der Waals surface area contributed by atoms with E-state index in [1.165, 1.54) is 6.08 Å². The number of ketones is 1. The number of aromatic nitrogens is 2. The van der Waals surface area contributed by atoms with Gasteiger partial charge in [0.25, 0.3) is 0 Å². The third-order valence-electron chi connectivity index (χ3n) is 3.56. The largest absolute Gasteiger partial charge is 0.287 e. The number of nitrogens with zero attached hydrogens (tertiary/aromatic N) is 4. The van der Waals surface area contributed by atoms with Crippen molar-refractivity contribution in [3.8, 4) is 17.8 Å². The summed E-state index contributed by atoms with van der Waals surface area (Å²) >= 11 is 0. The first-order valence-electron chi connectivity index (χ1n) is 7.49. The van der Waals surface area contributed by atoms with Crippen molar-refractivity contribution in [2.75, 3.05) is 0 Å². The Kier molecular flexibility index (Phi) is 4.51. The summed E-state index contributed by atoms with van der Waals surface area (Å²) in [7, 11) is 0. The van der Waals surface area contributed by atoms with Crippen molar-refractivity contribution >= 4 is 11.9 Å². The second kappa shape index (κ2) is 7.08. The maximum Gasteiger partial charge on any atom is 0.213 e. The lowest BCUT2D eigenvalue weighted by molar-refractivity contribution is 0.103. The number of allylic oxidation sites excluding steroid dienone is 1. The molecule has 0 spiro atoms. The Morgan fingerprint density at radius 3 is 2.16 bits per heavy atom. The summed E-state index contributed by atoms with van der Waals surface area (Å²) < 4.78 is 1.56. The van der Waals surface area contributed by atoms with Crippen LogP contribution in [0, 0.1) is 22.7 Å². The molecule has 0 amide bonds. The van der Waals surface area contributed by atoms with Crippen LogP contribution in [0.2, 0.25) is 0 Å². The van der Waals surface area contributed by atoms with Crippen LogP contribution >= 0.6 is 0 Å². The maximum absolute atomic E-state index is 12.8. The standard InChI is InChI=1S/C20H12N4O/c21-12-15(13-22)11-17-14-24(18-9-5-2-6-10-18)23-19(17)20(25)16-7-3-1-4-8-16/h1-11,14H. The van der Waals surface area contributed by atoms with Crippen molar-refractivity contribution < 1.29 is 4.79 Å². The fraction of sp³-hybridized carbons (Fsp3) is 0. The fourth-order valence-electron chi connectivity index (χ4n) is 2.35. The highest BCUT2D eigenvalue weighted by Crippen LogP contribution is 2.19. The minimum atomic E-state index is -0.267. The Bertz CT molecular complexity index is 1000. The summed E-state index contributed by atoms with van der Waals surface area (Å²) in [5.74, 6) is -0.267. The predicted octanol–water partition coefficient (Wildman–Crippen LogP) is 3.53. The summed E-state index contributed by atoms with van der Waals surface area (Å²) in [5.41, 5.74) is 1.80.